The fraction of sp³-hybridized carbons (Fsp3) is 0.571. The van der Waals surface area contributed by atoms with E-state index < -0.39 is 0 Å². The highest BCUT2D eigenvalue weighted by Gasteiger charge is 2.30. The number of thiazole rings is 1. The number of aryl methyl sites for hydroxylation is 1. The second-order valence-electron chi connectivity index (χ2n) is 8.07. The molecule has 29 heavy (non-hydrogen) atoms. The Morgan fingerprint density at radius 2 is 2.07 bits per heavy atom. The molecule has 2 aromatic rings. The maximum atomic E-state index is 12.6. The average molecular weight is 433 g/mol. The molecule has 2 aliphatic rings. The van der Waals surface area contributed by atoms with Gasteiger partial charge in [0.15, 0.2) is 5.13 Å². The molecule has 156 valence electrons. The van der Waals surface area contributed by atoms with Gasteiger partial charge in [0.05, 0.1) is 12.2 Å². The SMILES string of the molecule is CC(C)C(=O)N1CCN(c2nc3c(s2)CC(C(=O)NCc2cccs2)CC3)CC1. The summed E-state index contributed by atoms with van der Waals surface area (Å²) in [7, 11) is 0. The van der Waals surface area contributed by atoms with E-state index in [9.17, 15) is 9.59 Å². The number of aromatic nitrogens is 1. The molecule has 0 spiro atoms. The van der Waals surface area contributed by atoms with Crippen LogP contribution in [0.3, 0.4) is 0 Å². The predicted octanol–water partition coefficient (Wildman–Crippen LogP) is 2.93. The van der Waals surface area contributed by atoms with E-state index in [1.54, 1.807) is 22.7 Å². The monoisotopic (exact) mass is 432 g/mol. The number of rotatable bonds is 5. The van der Waals surface area contributed by atoms with Crippen LogP contribution < -0.4 is 10.2 Å². The zero-order valence-electron chi connectivity index (χ0n) is 17.0. The summed E-state index contributed by atoms with van der Waals surface area (Å²) < 4.78 is 0. The standard InChI is InChI=1S/C21H28N4O2S2/c1-14(2)20(27)24-7-9-25(10-8-24)21-23-17-6-5-15(12-18(17)29-21)19(26)22-13-16-4-3-11-28-16/h3-4,11,14-15H,5-10,12-13H2,1-2H3,(H,22,26). The second-order valence-corrected chi connectivity index (χ2v) is 10.2. The summed E-state index contributed by atoms with van der Waals surface area (Å²) in [4.78, 5) is 36.3. The number of piperazine rings is 1. The van der Waals surface area contributed by atoms with Gasteiger partial charge in [-0.2, -0.15) is 0 Å². The zero-order valence-corrected chi connectivity index (χ0v) is 18.7. The molecular formula is C21H28N4O2S2. The molecule has 2 aromatic heterocycles. The summed E-state index contributed by atoms with van der Waals surface area (Å²) in [6.07, 6.45) is 2.52. The van der Waals surface area contributed by atoms with Crippen molar-refractivity contribution >= 4 is 39.6 Å². The van der Waals surface area contributed by atoms with Crippen molar-refractivity contribution in [1.29, 1.82) is 0 Å². The molecule has 1 saturated heterocycles. The summed E-state index contributed by atoms with van der Waals surface area (Å²) in [6, 6.07) is 4.06. The van der Waals surface area contributed by atoms with Gasteiger partial charge < -0.3 is 15.1 Å². The first-order valence-corrected chi connectivity index (χ1v) is 12.0. The molecule has 0 bridgehead atoms. The van der Waals surface area contributed by atoms with Crippen LogP contribution in [0.4, 0.5) is 5.13 Å². The van der Waals surface area contributed by atoms with Crippen molar-refractivity contribution in [2.75, 3.05) is 31.1 Å². The number of nitrogens with one attached hydrogen (secondary N) is 1. The van der Waals surface area contributed by atoms with Crippen LogP contribution >= 0.6 is 22.7 Å². The number of fused-ring (bicyclic) bond motifs is 1. The fourth-order valence-corrected chi connectivity index (χ4v) is 5.82. The van der Waals surface area contributed by atoms with Crippen LogP contribution in [-0.2, 0) is 29.0 Å². The summed E-state index contributed by atoms with van der Waals surface area (Å²) in [5.41, 5.74) is 1.16. The Balaban J connectivity index is 1.33. The molecule has 1 fully saturated rings. The third kappa shape index (κ3) is 4.64. The van der Waals surface area contributed by atoms with Crippen molar-refractivity contribution < 1.29 is 9.59 Å². The van der Waals surface area contributed by atoms with E-state index >= 15 is 0 Å². The lowest BCUT2D eigenvalue weighted by molar-refractivity contribution is -0.134. The summed E-state index contributed by atoms with van der Waals surface area (Å²) in [5, 5.41) is 6.17. The molecule has 1 N–H and O–H groups in total. The molecule has 1 atom stereocenters. The largest absolute Gasteiger partial charge is 0.351 e. The van der Waals surface area contributed by atoms with Gasteiger partial charge in [-0.15, -0.1) is 22.7 Å². The molecule has 4 rings (SSSR count). The molecule has 1 unspecified atom stereocenters. The van der Waals surface area contributed by atoms with Gasteiger partial charge in [-0.1, -0.05) is 19.9 Å². The summed E-state index contributed by atoms with van der Waals surface area (Å²) in [6.45, 7) is 7.70. The molecule has 0 aromatic carbocycles. The van der Waals surface area contributed by atoms with Gasteiger partial charge in [0.2, 0.25) is 11.8 Å². The molecule has 8 heteroatoms. The van der Waals surface area contributed by atoms with E-state index in [-0.39, 0.29) is 23.7 Å². The first-order valence-electron chi connectivity index (χ1n) is 10.3. The first-order chi connectivity index (χ1) is 14.0. The van der Waals surface area contributed by atoms with Crippen LogP contribution in [0.15, 0.2) is 17.5 Å². The number of hydrogen-bond donors (Lipinski definition) is 1. The maximum Gasteiger partial charge on any atom is 0.225 e. The van der Waals surface area contributed by atoms with Gasteiger partial charge in [0.25, 0.3) is 0 Å². The van der Waals surface area contributed by atoms with Crippen molar-refractivity contribution in [2.24, 2.45) is 11.8 Å². The lowest BCUT2D eigenvalue weighted by atomic mass is 9.90. The number of carbonyl (C=O) groups excluding carboxylic acids is 2. The van der Waals surface area contributed by atoms with E-state index in [2.05, 4.69) is 10.2 Å². The third-order valence-electron chi connectivity index (χ3n) is 5.67. The molecule has 6 nitrogen and oxygen atoms in total. The van der Waals surface area contributed by atoms with Crippen molar-refractivity contribution in [2.45, 2.75) is 39.7 Å². The van der Waals surface area contributed by atoms with Crippen LogP contribution in [0.2, 0.25) is 0 Å². The van der Waals surface area contributed by atoms with Gasteiger partial charge in [0, 0.05) is 47.8 Å². The Kier molecular flexibility index (Phi) is 6.20. The molecule has 3 heterocycles. The topological polar surface area (TPSA) is 65.5 Å². The quantitative estimate of drug-likeness (QED) is 0.789. The number of anilines is 1. The van der Waals surface area contributed by atoms with E-state index in [0.717, 1.165) is 56.3 Å². The molecular weight excluding hydrogens is 404 g/mol. The van der Waals surface area contributed by atoms with Crippen LogP contribution in [-0.4, -0.2) is 47.9 Å². The normalized spacial score (nSPS) is 19.3. The lowest BCUT2D eigenvalue weighted by Gasteiger charge is -2.35. The van der Waals surface area contributed by atoms with Crippen molar-refractivity contribution in [3.05, 3.63) is 33.0 Å². The Morgan fingerprint density at radius 1 is 1.28 bits per heavy atom. The predicted molar refractivity (Wildman–Crippen MR) is 117 cm³/mol. The van der Waals surface area contributed by atoms with E-state index in [1.807, 2.05) is 36.3 Å². The minimum absolute atomic E-state index is 0.0382. The minimum atomic E-state index is 0.0382. The summed E-state index contributed by atoms with van der Waals surface area (Å²) in [5.74, 6) is 0.479. The average Bonchev–Trinajstić information content (AvgIpc) is 3.40. The van der Waals surface area contributed by atoms with E-state index in [4.69, 9.17) is 4.98 Å². The van der Waals surface area contributed by atoms with Gasteiger partial charge in [-0.3, -0.25) is 9.59 Å². The third-order valence-corrected chi connectivity index (χ3v) is 7.73. The zero-order chi connectivity index (χ0) is 20.4. The Hall–Kier alpha value is -1.93. The number of carbonyl (C=O) groups is 2. The molecule has 1 aliphatic heterocycles. The van der Waals surface area contributed by atoms with Crippen LogP contribution in [0.5, 0.6) is 0 Å². The van der Waals surface area contributed by atoms with Crippen molar-refractivity contribution in [3.8, 4) is 0 Å². The number of thiophene rings is 1. The van der Waals surface area contributed by atoms with Gasteiger partial charge in [-0.25, -0.2) is 4.98 Å². The highest BCUT2D eigenvalue weighted by Crippen LogP contribution is 2.34. The maximum absolute atomic E-state index is 12.6. The van der Waals surface area contributed by atoms with E-state index in [1.165, 1.54) is 9.75 Å². The summed E-state index contributed by atoms with van der Waals surface area (Å²) >= 11 is 3.40. The van der Waals surface area contributed by atoms with Crippen LogP contribution in [0.25, 0.3) is 0 Å². The number of hydrogen-bond acceptors (Lipinski definition) is 6. The Labute approximate surface area is 179 Å². The number of nitrogens with zero attached hydrogens (tertiary/aromatic N) is 3. The Bertz CT molecular complexity index is 854. The van der Waals surface area contributed by atoms with Gasteiger partial charge in [0.1, 0.15) is 0 Å². The van der Waals surface area contributed by atoms with Crippen molar-refractivity contribution in [3.63, 3.8) is 0 Å². The fourth-order valence-electron chi connectivity index (χ4n) is 3.94. The van der Waals surface area contributed by atoms with Crippen molar-refractivity contribution in [1.82, 2.24) is 15.2 Å². The van der Waals surface area contributed by atoms with Crippen LogP contribution in [0.1, 0.15) is 35.7 Å². The number of amides is 2. The second kappa shape index (κ2) is 8.83. The van der Waals surface area contributed by atoms with E-state index in [0.29, 0.717) is 6.54 Å². The Morgan fingerprint density at radius 3 is 2.76 bits per heavy atom. The minimum Gasteiger partial charge on any atom is -0.351 e. The lowest BCUT2D eigenvalue weighted by Crippen LogP contribution is -2.49. The molecule has 0 saturated carbocycles. The molecule has 0 radical (unpaired) electrons. The molecule has 2 amide bonds. The van der Waals surface area contributed by atoms with Crippen LogP contribution in [0, 0.1) is 11.8 Å². The van der Waals surface area contributed by atoms with Gasteiger partial charge in [-0.05, 0) is 30.7 Å². The molecule has 1 aliphatic carbocycles. The highest BCUT2D eigenvalue weighted by atomic mass is 32.1. The smallest absolute Gasteiger partial charge is 0.225 e. The highest BCUT2D eigenvalue weighted by molar-refractivity contribution is 7.15. The first kappa shape index (κ1) is 20.3. The van der Waals surface area contributed by atoms with Gasteiger partial charge >= 0.3 is 0 Å².